The van der Waals surface area contributed by atoms with Gasteiger partial charge >= 0.3 is 0 Å². The van der Waals surface area contributed by atoms with Gasteiger partial charge in [-0.3, -0.25) is 4.90 Å². The first kappa shape index (κ1) is 13.1. The number of hydrogen-bond acceptors (Lipinski definition) is 5. The Labute approximate surface area is 114 Å². The fourth-order valence-corrected chi connectivity index (χ4v) is 3.11. The molecule has 0 spiro atoms. The van der Waals surface area contributed by atoms with Crippen LogP contribution in [0.3, 0.4) is 0 Å². The van der Waals surface area contributed by atoms with E-state index in [-0.39, 0.29) is 0 Å². The maximum absolute atomic E-state index is 5.44. The molecule has 3 rings (SSSR count). The lowest BCUT2D eigenvalue weighted by molar-refractivity contribution is 0.238. The molecular weight excluding hydrogens is 240 g/mol. The average Bonchev–Trinajstić information content (AvgIpc) is 2.76. The second-order valence-electron chi connectivity index (χ2n) is 5.76. The quantitative estimate of drug-likeness (QED) is 0.904. The predicted molar refractivity (Wildman–Crippen MR) is 72.9 cm³/mol. The van der Waals surface area contributed by atoms with Crippen molar-refractivity contribution in [2.75, 3.05) is 26.2 Å². The summed E-state index contributed by atoms with van der Waals surface area (Å²) in [6.45, 7) is 5.17. The molecule has 0 atom stereocenters. The van der Waals surface area contributed by atoms with Gasteiger partial charge in [0, 0.05) is 19.0 Å². The molecule has 106 valence electrons. The van der Waals surface area contributed by atoms with Gasteiger partial charge in [0.1, 0.15) is 0 Å². The zero-order chi connectivity index (χ0) is 12.9. The Bertz CT molecular complexity index is 379. The molecular formula is C14H24N4O. The summed E-state index contributed by atoms with van der Waals surface area (Å²) in [5.41, 5.74) is 0. The van der Waals surface area contributed by atoms with Gasteiger partial charge in [-0.2, -0.15) is 4.98 Å². The first-order valence-corrected chi connectivity index (χ1v) is 7.67. The molecule has 0 unspecified atom stereocenters. The molecule has 2 heterocycles. The molecule has 1 saturated heterocycles. The van der Waals surface area contributed by atoms with E-state index in [9.17, 15) is 0 Å². The molecule has 2 fully saturated rings. The monoisotopic (exact) mass is 264 g/mol. The minimum absolute atomic E-state index is 0.539. The molecule has 0 bridgehead atoms. The summed E-state index contributed by atoms with van der Waals surface area (Å²) in [6.07, 6.45) is 7.64. The van der Waals surface area contributed by atoms with Crippen molar-refractivity contribution in [2.24, 2.45) is 0 Å². The third kappa shape index (κ3) is 3.54. The Hall–Kier alpha value is -0.940. The average molecular weight is 264 g/mol. The van der Waals surface area contributed by atoms with Gasteiger partial charge in [-0.25, -0.2) is 0 Å². The number of rotatable bonds is 3. The summed E-state index contributed by atoms with van der Waals surface area (Å²) in [6, 6.07) is 0. The molecule has 1 aromatic heterocycles. The van der Waals surface area contributed by atoms with Crippen molar-refractivity contribution in [2.45, 2.75) is 51.0 Å². The third-order valence-electron chi connectivity index (χ3n) is 4.25. The van der Waals surface area contributed by atoms with Crippen LogP contribution in [0.2, 0.25) is 0 Å². The Kier molecular flexibility index (Phi) is 4.45. The highest BCUT2D eigenvalue weighted by Crippen LogP contribution is 2.30. The fraction of sp³-hybridized carbons (Fsp3) is 0.857. The minimum atomic E-state index is 0.539. The fourth-order valence-electron chi connectivity index (χ4n) is 3.11. The summed E-state index contributed by atoms with van der Waals surface area (Å²) in [4.78, 5) is 7.02. The zero-order valence-corrected chi connectivity index (χ0v) is 11.6. The van der Waals surface area contributed by atoms with Crippen LogP contribution < -0.4 is 5.32 Å². The van der Waals surface area contributed by atoms with Crippen LogP contribution in [-0.2, 0) is 6.54 Å². The third-order valence-corrected chi connectivity index (χ3v) is 4.25. The van der Waals surface area contributed by atoms with Crippen LogP contribution in [0, 0.1) is 0 Å². The lowest BCUT2D eigenvalue weighted by atomic mass is 9.89. The van der Waals surface area contributed by atoms with Gasteiger partial charge in [0.25, 0.3) is 0 Å². The van der Waals surface area contributed by atoms with Gasteiger partial charge in [0.05, 0.1) is 6.54 Å². The molecule has 5 nitrogen and oxygen atoms in total. The zero-order valence-electron chi connectivity index (χ0n) is 11.6. The Morgan fingerprint density at radius 3 is 2.89 bits per heavy atom. The maximum Gasteiger partial charge on any atom is 0.240 e. The van der Waals surface area contributed by atoms with Crippen molar-refractivity contribution in [3.05, 3.63) is 11.7 Å². The van der Waals surface area contributed by atoms with Crippen LogP contribution in [0.1, 0.15) is 56.2 Å². The molecule has 19 heavy (non-hydrogen) atoms. The van der Waals surface area contributed by atoms with Crippen molar-refractivity contribution in [1.29, 1.82) is 0 Å². The van der Waals surface area contributed by atoms with Gasteiger partial charge < -0.3 is 9.84 Å². The van der Waals surface area contributed by atoms with Crippen LogP contribution in [0.25, 0.3) is 0 Å². The Morgan fingerprint density at radius 1 is 1.11 bits per heavy atom. The Balaban J connectivity index is 1.57. The van der Waals surface area contributed by atoms with Crippen LogP contribution in [0.4, 0.5) is 0 Å². The van der Waals surface area contributed by atoms with Gasteiger partial charge in [0.15, 0.2) is 5.82 Å². The molecule has 1 saturated carbocycles. The number of hydrogen-bond donors (Lipinski definition) is 1. The highest BCUT2D eigenvalue weighted by Gasteiger charge is 2.21. The smallest absolute Gasteiger partial charge is 0.240 e. The standard InChI is InChI=1S/C14H24N4O/c1-2-5-12(6-3-1)14-16-13(19-17-14)11-18-9-4-7-15-8-10-18/h12,15H,1-11H2. The van der Waals surface area contributed by atoms with Crippen molar-refractivity contribution in [1.82, 2.24) is 20.4 Å². The molecule has 0 amide bonds. The largest absolute Gasteiger partial charge is 0.338 e. The predicted octanol–water partition coefficient (Wildman–Crippen LogP) is 1.91. The lowest BCUT2D eigenvalue weighted by Crippen LogP contribution is -2.27. The first-order valence-electron chi connectivity index (χ1n) is 7.67. The summed E-state index contributed by atoms with van der Waals surface area (Å²) in [5, 5.41) is 7.61. The summed E-state index contributed by atoms with van der Waals surface area (Å²) >= 11 is 0. The van der Waals surface area contributed by atoms with Gasteiger partial charge in [-0.15, -0.1) is 0 Å². The van der Waals surface area contributed by atoms with Crippen molar-refractivity contribution < 1.29 is 4.52 Å². The van der Waals surface area contributed by atoms with E-state index in [1.54, 1.807) is 0 Å². The van der Waals surface area contributed by atoms with E-state index in [1.165, 1.54) is 38.5 Å². The van der Waals surface area contributed by atoms with Crippen LogP contribution in [0.5, 0.6) is 0 Å². The first-order chi connectivity index (χ1) is 9.42. The van der Waals surface area contributed by atoms with E-state index in [0.717, 1.165) is 44.4 Å². The molecule has 0 radical (unpaired) electrons. The van der Waals surface area contributed by atoms with E-state index < -0.39 is 0 Å². The van der Waals surface area contributed by atoms with Gasteiger partial charge in [-0.05, 0) is 32.4 Å². The van der Waals surface area contributed by atoms with Gasteiger partial charge in [0.2, 0.25) is 5.89 Å². The van der Waals surface area contributed by atoms with Crippen LogP contribution in [0.15, 0.2) is 4.52 Å². The maximum atomic E-state index is 5.44. The topological polar surface area (TPSA) is 54.2 Å². The molecule has 2 aliphatic rings. The van der Waals surface area contributed by atoms with E-state index in [2.05, 4.69) is 20.4 Å². The molecule has 0 aromatic carbocycles. The second-order valence-corrected chi connectivity index (χ2v) is 5.76. The van der Waals surface area contributed by atoms with E-state index in [0.29, 0.717) is 5.92 Å². The van der Waals surface area contributed by atoms with E-state index in [1.807, 2.05) is 0 Å². The Morgan fingerprint density at radius 2 is 2.00 bits per heavy atom. The summed E-state index contributed by atoms with van der Waals surface area (Å²) < 4.78 is 5.44. The molecule has 1 aromatic rings. The summed E-state index contributed by atoms with van der Waals surface area (Å²) in [7, 11) is 0. The van der Waals surface area contributed by atoms with Crippen molar-refractivity contribution in [3.63, 3.8) is 0 Å². The SMILES string of the molecule is C1CCC(c2noc(CN3CCCNCC3)n2)CC1. The van der Waals surface area contributed by atoms with E-state index in [4.69, 9.17) is 4.52 Å². The van der Waals surface area contributed by atoms with Crippen LogP contribution >= 0.6 is 0 Å². The normalized spacial score (nSPS) is 23.4. The number of nitrogens with zero attached hydrogens (tertiary/aromatic N) is 3. The molecule has 1 aliphatic carbocycles. The molecule has 1 aliphatic heterocycles. The van der Waals surface area contributed by atoms with Gasteiger partial charge in [-0.1, -0.05) is 24.4 Å². The second kappa shape index (κ2) is 6.48. The molecule has 1 N–H and O–H groups in total. The van der Waals surface area contributed by atoms with Crippen LogP contribution in [-0.4, -0.2) is 41.2 Å². The highest BCUT2D eigenvalue weighted by molar-refractivity contribution is 4.97. The lowest BCUT2D eigenvalue weighted by Gasteiger charge is -2.18. The van der Waals surface area contributed by atoms with Crippen molar-refractivity contribution in [3.8, 4) is 0 Å². The van der Waals surface area contributed by atoms with E-state index >= 15 is 0 Å². The summed E-state index contributed by atoms with van der Waals surface area (Å²) in [5.74, 6) is 2.28. The minimum Gasteiger partial charge on any atom is -0.338 e. The number of nitrogens with one attached hydrogen (secondary N) is 1. The number of aromatic nitrogens is 2. The highest BCUT2D eigenvalue weighted by atomic mass is 16.5. The van der Waals surface area contributed by atoms with Crippen molar-refractivity contribution >= 4 is 0 Å². The molecule has 5 heteroatoms.